The number of aromatic nitrogens is 4. The molecule has 33 heavy (non-hydrogen) atoms. The number of carbonyl (C=O) groups is 1. The number of nitrogens with zero attached hydrogens (tertiary/aromatic N) is 4. The van der Waals surface area contributed by atoms with Gasteiger partial charge in [-0.05, 0) is 42.5 Å². The van der Waals surface area contributed by atoms with Crippen LogP contribution >= 0.6 is 11.6 Å². The van der Waals surface area contributed by atoms with Crippen LogP contribution in [0.4, 0.5) is 14.9 Å². The van der Waals surface area contributed by atoms with Crippen molar-refractivity contribution in [3.63, 3.8) is 0 Å². The molecule has 0 fully saturated rings. The number of H-pyrrole nitrogens is 1. The second kappa shape index (κ2) is 8.55. The number of fused-ring (bicyclic) bond motifs is 1. The lowest BCUT2D eigenvalue weighted by Crippen LogP contribution is -2.41. The summed E-state index contributed by atoms with van der Waals surface area (Å²) < 4.78 is 24.2. The minimum Gasteiger partial charge on any atom is -0.497 e. The normalized spacial score (nSPS) is 15.2. The molecule has 0 saturated carbocycles. The first-order valence-electron chi connectivity index (χ1n) is 10.0. The Labute approximate surface area is 192 Å². The lowest BCUT2D eigenvalue weighted by atomic mass is 10.0. The first kappa shape index (κ1) is 21.0. The zero-order valence-electron chi connectivity index (χ0n) is 17.4. The molecule has 0 bridgehead atoms. The number of amides is 2. The Balaban J connectivity index is 1.43. The molecular weight excluding hydrogens is 451 g/mol. The number of hydrogen-bond acceptors (Lipinski definition) is 6. The fraction of sp³-hybridized carbons (Fsp3) is 0.182. The van der Waals surface area contributed by atoms with Gasteiger partial charge in [-0.2, -0.15) is 4.98 Å². The Kier molecular flexibility index (Phi) is 5.43. The van der Waals surface area contributed by atoms with Crippen molar-refractivity contribution in [1.82, 2.24) is 25.0 Å². The van der Waals surface area contributed by atoms with Crippen LogP contribution in [-0.2, 0) is 13.0 Å². The van der Waals surface area contributed by atoms with Crippen LogP contribution in [-0.4, -0.2) is 38.1 Å². The minimum atomic E-state index is -0.545. The number of carbonyl (C=O) groups excluding carboxylic acids is 1. The highest BCUT2D eigenvalue weighted by Gasteiger charge is 2.36. The number of benzene rings is 2. The molecule has 2 amide bonds. The summed E-state index contributed by atoms with van der Waals surface area (Å²) in [4.78, 5) is 26.7. The van der Waals surface area contributed by atoms with Crippen LogP contribution in [0.5, 0.6) is 5.75 Å². The number of urea groups is 1. The van der Waals surface area contributed by atoms with Gasteiger partial charge in [0.2, 0.25) is 11.7 Å². The van der Waals surface area contributed by atoms with Gasteiger partial charge in [-0.1, -0.05) is 16.8 Å². The number of aromatic amines is 1. The maximum atomic E-state index is 13.5. The van der Waals surface area contributed by atoms with Gasteiger partial charge in [-0.15, -0.1) is 0 Å². The topological polar surface area (TPSA) is 109 Å². The fourth-order valence-electron chi connectivity index (χ4n) is 3.66. The summed E-state index contributed by atoms with van der Waals surface area (Å²) in [5.74, 6) is 0.633. The van der Waals surface area contributed by atoms with Gasteiger partial charge in [-0.3, -0.25) is 0 Å². The van der Waals surface area contributed by atoms with Crippen molar-refractivity contribution in [2.75, 3.05) is 12.4 Å². The first-order valence-corrected chi connectivity index (χ1v) is 10.4. The lowest BCUT2D eigenvalue weighted by molar-refractivity contribution is 0.155. The minimum absolute atomic E-state index is 0.0434. The highest BCUT2D eigenvalue weighted by molar-refractivity contribution is 6.31. The molecule has 2 aromatic carbocycles. The zero-order chi connectivity index (χ0) is 22.9. The SMILES string of the molecule is COc1ccc(NC(=O)N2Cc3[nH]cnc3C[C@H]2c2nc(-c3ccc(F)c(Cl)c3)no2)cc1. The van der Waals surface area contributed by atoms with Crippen molar-refractivity contribution in [3.8, 4) is 17.1 Å². The molecule has 2 N–H and O–H groups in total. The van der Waals surface area contributed by atoms with Gasteiger partial charge in [0.05, 0.1) is 36.4 Å². The van der Waals surface area contributed by atoms with E-state index in [1.54, 1.807) is 42.6 Å². The number of halogens is 2. The molecule has 2 aromatic heterocycles. The number of imidazole rings is 1. The third kappa shape index (κ3) is 4.12. The van der Waals surface area contributed by atoms with Gasteiger partial charge >= 0.3 is 6.03 Å². The molecule has 1 aliphatic heterocycles. The van der Waals surface area contributed by atoms with Crippen LogP contribution < -0.4 is 10.1 Å². The number of rotatable bonds is 4. The monoisotopic (exact) mass is 468 g/mol. The average molecular weight is 469 g/mol. The molecule has 168 valence electrons. The van der Waals surface area contributed by atoms with Gasteiger partial charge in [0.25, 0.3) is 0 Å². The number of anilines is 1. The summed E-state index contributed by atoms with van der Waals surface area (Å²) in [7, 11) is 1.58. The van der Waals surface area contributed by atoms with E-state index in [9.17, 15) is 9.18 Å². The van der Waals surface area contributed by atoms with Crippen molar-refractivity contribution >= 4 is 23.3 Å². The van der Waals surface area contributed by atoms with Crippen molar-refractivity contribution in [2.24, 2.45) is 0 Å². The number of nitrogens with one attached hydrogen (secondary N) is 2. The molecule has 0 saturated heterocycles. The average Bonchev–Trinajstić information content (AvgIpc) is 3.50. The van der Waals surface area contributed by atoms with Gasteiger partial charge in [-0.25, -0.2) is 14.2 Å². The molecule has 1 atom stereocenters. The summed E-state index contributed by atoms with van der Waals surface area (Å²) in [6, 6.07) is 10.3. The van der Waals surface area contributed by atoms with E-state index in [2.05, 4.69) is 25.4 Å². The van der Waals surface area contributed by atoms with Gasteiger partial charge in [0.1, 0.15) is 17.6 Å². The summed E-state index contributed by atoms with van der Waals surface area (Å²) in [6.45, 7) is 0.280. The van der Waals surface area contributed by atoms with Crippen LogP contribution in [0.1, 0.15) is 23.3 Å². The molecule has 11 heteroatoms. The van der Waals surface area contributed by atoms with E-state index < -0.39 is 11.9 Å². The Morgan fingerprint density at radius 3 is 2.88 bits per heavy atom. The van der Waals surface area contributed by atoms with Crippen molar-refractivity contribution in [3.05, 3.63) is 76.9 Å². The molecule has 0 radical (unpaired) electrons. The van der Waals surface area contributed by atoms with Crippen LogP contribution in [0, 0.1) is 5.82 Å². The van der Waals surface area contributed by atoms with E-state index in [4.69, 9.17) is 20.9 Å². The van der Waals surface area contributed by atoms with E-state index in [0.717, 1.165) is 11.4 Å². The zero-order valence-corrected chi connectivity index (χ0v) is 18.1. The van der Waals surface area contributed by atoms with Crippen LogP contribution in [0.15, 0.2) is 53.3 Å². The highest BCUT2D eigenvalue weighted by atomic mass is 35.5. The van der Waals surface area contributed by atoms with E-state index in [1.807, 2.05) is 0 Å². The number of ether oxygens (including phenoxy) is 1. The summed E-state index contributed by atoms with van der Waals surface area (Å²) in [5, 5.41) is 6.85. The van der Waals surface area contributed by atoms with E-state index in [1.165, 1.54) is 18.2 Å². The van der Waals surface area contributed by atoms with Gasteiger partial charge in [0, 0.05) is 17.7 Å². The second-order valence-electron chi connectivity index (χ2n) is 7.42. The lowest BCUT2D eigenvalue weighted by Gasteiger charge is -2.32. The Hall–Kier alpha value is -3.92. The molecule has 4 aromatic rings. The van der Waals surface area contributed by atoms with Gasteiger partial charge < -0.3 is 24.5 Å². The molecule has 5 rings (SSSR count). The Morgan fingerprint density at radius 1 is 1.30 bits per heavy atom. The largest absolute Gasteiger partial charge is 0.497 e. The second-order valence-corrected chi connectivity index (χ2v) is 7.83. The Bertz CT molecular complexity index is 1310. The quantitative estimate of drug-likeness (QED) is 0.453. The standard InChI is InChI=1S/C22H18ClFN6O3/c1-32-14-5-3-13(4-6-14)27-22(31)30-10-18-17(25-11-26-18)9-19(30)21-28-20(29-33-21)12-2-7-16(24)15(23)8-12/h2-8,11,19H,9-10H2,1H3,(H,25,26)(H,27,31)/t19-/m0/s1. The molecule has 0 spiro atoms. The predicted molar refractivity (Wildman–Crippen MR) is 117 cm³/mol. The molecule has 0 unspecified atom stereocenters. The van der Waals surface area contributed by atoms with Crippen molar-refractivity contribution in [1.29, 1.82) is 0 Å². The Morgan fingerprint density at radius 2 is 2.12 bits per heavy atom. The van der Waals surface area contributed by atoms with Crippen molar-refractivity contribution < 1.29 is 18.4 Å². The summed E-state index contributed by atoms with van der Waals surface area (Å²) in [6.07, 6.45) is 1.98. The summed E-state index contributed by atoms with van der Waals surface area (Å²) >= 11 is 5.88. The summed E-state index contributed by atoms with van der Waals surface area (Å²) in [5.41, 5.74) is 2.77. The first-order chi connectivity index (χ1) is 16.0. The van der Waals surface area contributed by atoms with Gasteiger partial charge in [0.15, 0.2) is 0 Å². The highest BCUT2D eigenvalue weighted by Crippen LogP contribution is 2.33. The maximum absolute atomic E-state index is 13.5. The van der Waals surface area contributed by atoms with Crippen LogP contribution in [0.3, 0.4) is 0 Å². The van der Waals surface area contributed by atoms with Crippen LogP contribution in [0.2, 0.25) is 5.02 Å². The third-order valence-corrected chi connectivity index (χ3v) is 5.70. The fourth-order valence-corrected chi connectivity index (χ4v) is 3.84. The molecule has 3 heterocycles. The van der Waals surface area contributed by atoms with Crippen LogP contribution in [0.25, 0.3) is 11.4 Å². The maximum Gasteiger partial charge on any atom is 0.322 e. The smallest absolute Gasteiger partial charge is 0.322 e. The molecule has 1 aliphatic rings. The van der Waals surface area contributed by atoms with Crippen molar-refractivity contribution in [2.45, 2.75) is 19.0 Å². The third-order valence-electron chi connectivity index (χ3n) is 5.41. The van der Waals surface area contributed by atoms with E-state index >= 15 is 0 Å². The number of hydrogen-bond donors (Lipinski definition) is 2. The van der Waals surface area contributed by atoms with E-state index in [-0.39, 0.29) is 29.3 Å². The number of methoxy groups -OCH3 is 1. The van der Waals surface area contributed by atoms with E-state index in [0.29, 0.717) is 23.4 Å². The molecule has 0 aliphatic carbocycles. The molecular formula is C22H18ClFN6O3. The predicted octanol–water partition coefficient (Wildman–Crippen LogP) is 4.59. The molecule has 9 nitrogen and oxygen atoms in total.